The normalized spacial score (nSPS) is 17.8. The van der Waals surface area contributed by atoms with Crippen molar-refractivity contribution >= 4 is 5.91 Å². The minimum Gasteiger partial charge on any atom is -0.278 e. The molecule has 0 bridgehead atoms. The van der Waals surface area contributed by atoms with Crippen LogP contribution in [0.3, 0.4) is 0 Å². The molecule has 11 heteroatoms. The predicted octanol–water partition coefficient (Wildman–Crippen LogP) is 6.07. The first kappa shape index (κ1) is 36.1. The zero-order valence-corrected chi connectivity index (χ0v) is 26.8. The van der Waals surface area contributed by atoms with Gasteiger partial charge in [-0.05, 0) is 95.4 Å². The van der Waals surface area contributed by atoms with Crippen molar-refractivity contribution < 1.29 is 43.9 Å². The smallest absolute Gasteiger partial charge is 0.248 e. The summed E-state index contributed by atoms with van der Waals surface area (Å²) in [6.07, 6.45) is 2.82. The predicted molar refractivity (Wildman–Crippen MR) is 146 cm³/mol. The summed E-state index contributed by atoms with van der Waals surface area (Å²) >= 11 is 0. The Balaban J connectivity index is 2.92. The second kappa shape index (κ2) is 14.3. The lowest BCUT2D eigenvalue weighted by molar-refractivity contribution is -0.542. The fraction of sp³-hybridized carbons (Fsp3) is 0.964. The van der Waals surface area contributed by atoms with Gasteiger partial charge in [0.2, 0.25) is 17.5 Å². The van der Waals surface area contributed by atoms with Gasteiger partial charge >= 0.3 is 0 Å². The van der Waals surface area contributed by atoms with Gasteiger partial charge in [-0.2, -0.15) is 19.6 Å². The van der Waals surface area contributed by atoms with Gasteiger partial charge in [0.05, 0.1) is 28.9 Å². The number of nitrogens with one attached hydrogen (secondary N) is 1. The molecule has 0 saturated carbocycles. The average Bonchev–Trinajstić information content (AvgIpc) is 3.05. The maximum atomic E-state index is 13.3. The van der Waals surface area contributed by atoms with E-state index in [1.54, 1.807) is 11.9 Å². The van der Waals surface area contributed by atoms with Crippen molar-refractivity contribution in [3.05, 3.63) is 0 Å². The number of carbonyl (C=O) groups is 1. The third kappa shape index (κ3) is 14.5. The molecule has 1 rings (SSSR count). The summed E-state index contributed by atoms with van der Waals surface area (Å²) in [6.45, 7) is 25.2. The highest BCUT2D eigenvalue weighted by atomic mass is 17.3. The summed E-state index contributed by atoms with van der Waals surface area (Å²) < 4.78 is 0. The number of hydrogen-bond acceptors (Lipinski definition) is 10. The zero-order chi connectivity index (χ0) is 30.2. The second-order valence-corrected chi connectivity index (χ2v) is 13.6. The summed E-state index contributed by atoms with van der Waals surface area (Å²) in [6, 6.07) is 0. The van der Waals surface area contributed by atoms with Crippen LogP contribution in [0.15, 0.2) is 0 Å². The van der Waals surface area contributed by atoms with Crippen molar-refractivity contribution in [1.29, 1.82) is 0 Å². The summed E-state index contributed by atoms with van der Waals surface area (Å²) in [5.41, 5.74) is 0.969. The molecule has 1 aliphatic rings. The average molecular weight is 565 g/mol. The van der Waals surface area contributed by atoms with E-state index < -0.39 is 34.0 Å². The fourth-order valence-electron chi connectivity index (χ4n) is 2.75. The van der Waals surface area contributed by atoms with E-state index in [1.807, 2.05) is 83.1 Å². The van der Waals surface area contributed by atoms with E-state index >= 15 is 0 Å². The lowest BCUT2D eigenvalue weighted by Crippen LogP contribution is -2.52. The Labute approximate surface area is 236 Å². The van der Waals surface area contributed by atoms with E-state index in [1.165, 1.54) is 0 Å². The van der Waals surface area contributed by atoms with Crippen LogP contribution >= 0.6 is 0 Å². The van der Waals surface area contributed by atoms with Gasteiger partial charge in [0.25, 0.3) is 0 Å². The molecule has 0 radical (unpaired) electrons. The van der Waals surface area contributed by atoms with Gasteiger partial charge in [0, 0.05) is 25.8 Å². The largest absolute Gasteiger partial charge is 0.278 e. The van der Waals surface area contributed by atoms with E-state index in [0.29, 0.717) is 19.4 Å². The number of amides is 1. The van der Waals surface area contributed by atoms with Gasteiger partial charge in [0.1, 0.15) is 0 Å². The molecule has 0 spiro atoms. The van der Waals surface area contributed by atoms with Crippen LogP contribution in [0, 0.1) is 0 Å². The Hall–Kier alpha value is -0.890. The molecule has 39 heavy (non-hydrogen) atoms. The minimum atomic E-state index is -1.31. The van der Waals surface area contributed by atoms with Crippen molar-refractivity contribution in [1.82, 2.24) is 10.4 Å². The maximum Gasteiger partial charge on any atom is 0.248 e. The molecule has 0 aliphatic carbocycles. The maximum absolute atomic E-state index is 13.3. The monoisotopic (exact) mass is 564 g/mol. The van der Waals surface area contributed by atoms with Gasteiger partial charge in [-0.15, -0.1) is 0 Å². The standard InChI is InChI=1S/C28H56N2O9/c1-14-25(9,10)34-38-28(39-35-26(11,12)15-2)18-16-20-30(29-21-28)22(31)17-19-27(13,36-32-23(3,4)5)37-33-24(6,7)8/h29H,14-21H2,1-13H3. The number of carbonyl (C=O) groups excluding carboxylic acids is 1. The second-order valence-electron chi connectivity index (χ2n) is 13.6. The Morgan fingerprint density at radius 1 is 0.744 bits per heavy atom. The summed E-state index contributed by atoms with van der Waals surface area (Å²) in [4.78, 5) is 58.8. The number of hydrogen-bond donors (Lipinski definition) is 1. The third-order valence-corrected chi connectivity index (χ3v) is 6.05. The van der Waals surface area contributed by atoms with Gasteiger partial charge in [0.15, 0.2) is 0 Å². The SMILES string of the molecule is CCC(C)(C)OOC1(OOC(C)(C)CC)CCCN(C(=O)CCC(C)(OOC(C)(C)C)OOC(C)(C)C)NC1. The van der Waals surface area contributed by atoms with Crippen LogP contribution in [-0.2, 0) is 43.9 Å². The highest BCUT2D eigenvalue weighted by Crippen LogP contribution is 2.30. The van der Waals surface area contributed by atoms with Crippen LogP contribution in [0.5, 0.6) is 0 Å². The molecule has 1 amide bonds. The van der Waals surface area contributed by atoms with E-state index in [0.717, 1.165) is 12.8 Å². The van der Waals surface area contributed by atoms with Crippen LogP contribution in [0.25, 0.3) is 0 Å². The Kier molecular flexibility index (Phi) is 13.3. The van der Waals surface area contributed by atoms with Crippen molar-refractivity contribution in [2.45, 2.75) is 163 Å². The minimum absolute atomic E-state index is 0.109. The van der Waals surface area contributed by atoms with Crippen LogP contribution in [0.1, 0.15) is 129 Å². The summed E-state index contributed by atoms with van der Waals surface area (Å²) in [5.74, 6) is -2.70. The molecule has 0 aromatic heterocycles. The highest BCUT2D eigenvalue weighted by Gasteiger charge is 2.42. The lowest BCUT2D eigenvalue weighted by atomic mass is 10.1. The van der Waals surface area contributed by atoms with Crippen molar-refractivity contribution in [3.8, 4) is 0 Å². The Bertz CT molecular complexity index is 706. The summed E-state index contributed by atoms with van der Waals surface area (Å²) in [7, 11) is 0. The molecule has 0 atom stereocenters. The molecule has 1 saturated heterocycles. The van der Waals surface area contributed by atoms with Crippen LogP contribution < -0.4 is 5.43 Å². The van der Waals surface area contributed by atoms with E-state index in [2.05, 4.69) is 5.43 Å². The molecule has 0 aromatic carbocycles. The quantitative estimate of drug-likeness (QED) is 0.143. The fourth-order valence-corrected chi connectivity index (χ4v) is 2.75. The first-order valence-electron chi connectivity index (χ1n) is 14.2. The zero-order valence-electron chi connectivity index (χ0n) is 26.8. The molecule has 1 aliphatic heterocycles. The molecule has 0 unspecified atom stereocenters. The molecule has 11 nitrogen and oxygen atoms in total. The van der Waals surface area contributed by atoms with Crippen molar-refractivity contribution in [3.63, 3.8) is 0 Å². The molecule has 0 aromatic rings. The Morgan fingerprint density at radius 3 is 1.62 bits per heavy atom. The van der Waals surface area contributed by atoms with Crippen LogP contribution in [0.2, 0.25) is 0 Å². The van der Waals surface area contributed by atoms with Gasteiger partial charge in [-0.1, -0.05) is 13.8 Å². The topological polar surface area (TPSA) is 106 Å². The molecule has 1 heterocycles. The molecule has 1 N–H and O–H groups in total. The third-order valence-electron chi connectivity index (χ3n) is 6.05. The first-order valence-corrected chi connectivity index (χ1v) is 14.2. The molecule has 232 valence electrons. The van der Waals surface area contributed by atoms with Crippen molar-refractivity contribution in [2.24, 2.45) is 0 Å². The number of rotatable bonds is 15. The lowest BCUT2D eigenvalue weighted by Gasteiger charge is -2.36. The molecule has 1 fully saturated rings. The highest BCUT2D eigenvalue weighted by molar-refractivity contribution is 5.75. The van der Waals surface area contributed by atoms with E-state index in [9.17, 15) is 4.79 Å². The summed E-state index contributed by atoms with van der Waals surface area (Å²) in [5, 5.41) is 1.56. The van der Waals surface area contributed by atoms with E-state index in [-0.39, 0.29) is 25.3 Å². The molecular weight excluding hydrogens is 508 g/mol. The number of nitrogens with zero attached hydrogens (tertiary/aromatic N) is 1. The molecular formula is C28H56N2O9. The van der Waals surface area contributed by atoms with Crippen LogP contribution in [0.4, 0.5) is 0 Å². The van der Waals surface area contributed by atoms with Gasteiger partial charge in [-0.25, -0.2) is 25.0 Å². The number of hydrazine groups is 1. The Morgan fingerprint density at radius 2 is 1.21 bits per heavy atom. The van der Waals surface area contributed by atoms with E-state index in [4.69, 9.17) is 39.1 Å². The van der Waals surface area contributed by atoms with Gasteiger partial charge in [-0.3, -0.25) is 9.80 Å². The first-order chi connectivity index (χ1) is 17.6. The van der Waals surface area contributed by atoms with Gasteiger partial charge < -0.3 is 0 Å². The van der Waals surface area contributed by atoms with Crippen LogP contribution in [-0.4, -0.2) is 58.0 Å². The van der Waals surface area contributed by atoms with Crippen molar-refractivity contribution in [2.75, 3.05) is 13.1 Å².